The number of likely N-dealkylation sites (tertiary alicyclic amines) is 2. The molecule has 0 atom stereocenters. The summed E-state index contributed by atoms with van der Waals surface area (Å²) >= 11 is 6.16. The van der Waals surface area contributed by atoms with Gasteiger partial charge in [-0.3, -0.25) is 4.90 Å². The van der Waals surface area contributed by atoms with Crippen LogP contribution in [0.15, 0.2) is 24.5 Å². The Kier molecular flexibility index (Phi) is 4.72. The number of aromatic nitrogens is 3. The van der Waals surface area contributed by atoms with Crippen molar-refractivity contribution in [2.24, 2.45) is 5.41 Å². The first-order valence-electron chi connectivity index (χ1n) is 10.1. The van der Waals surface area contributed by atoms with Gasteiger partial charge >= 0.3 is 6.18 Å². The van der Waals surface area contributed by atoms with Crippen LogP contribution in [0.3, 0.4) is 0 Å². The van der Waals surface area contributed by atoms with Crippen molar-refractivity contribution in [2.45, 2.75) is 32.1 Å². The van der Waals surface area contributed by atoms with E-state index < -0.39 is 12.7 Å². The zero-order chi connectivity index (χ0) is 21.1. The molecular weight excluding hydrogens is 415 g/mol. The summed E-state index contributed by atoms with van der Waals surface area (Å²) in [6, 6.07) is 5.62. The number of benzene rings is 1. The van der Waals surface area contributed by atoms with Crippen molar-refractivity contribution in [1.82, 2.24) is 24.3 Å². The fraction of sp³-hybridized carbons (Fsp3) is 0.524. The van der Waals surface area contributed by atoms with Crippen molar-refractivity contribution in [1.29, 1.82) is 0 Å². The Morgan fingerprint density at radius 1 is 1.13 bits per heavy atom. The van der Waals surface area contributed by atoms with E-state index in [4.69, 9.17) is 11.6 Å². The average molecular weight is 438 g/mol. The van der Waals surface area contributed by atoms with Gasteiger partial charge in [0.25, 0.3) is 0 Å². The SMILES string of the molecule is CN1CC2(CCN(Cc3ccc4c(c3)c3ncnc(Cl)c3n4CC(F)(F)F)CC2)C1. The Morgan fingerprint density at radius 2 is 1.87 bits per heavy atom. The van der Waals surface area contributed by atoms with Crippen LogP contribution in [0.4, 0.5) is 13.2 Å². The second-order valence-corrected chi connectivity index (χ2v) is 9.22. The Morgan fingerprint density at radius 3 is 2.53 bits per heavy atom. The van der Waals surface area contributed by atoms with Crippen LogP contribution in [0.25, 0.3) is 21.9 Å². The van der Waals surface area contributed by atoms with E-state index in [-0.39, 0.29) is 10.7 Å². The third kappa shape index (κ3) is 3.55. The molecule has 5 rings (SSSR count). The van der Waals surface area contributed by atoms with Crippen LogP contribution in [0.1, 0.15) is 18.4 Å². The minimum Gasteiger partial charge on any atom is -0.327 e. The van der Waals surface area contributed by atoms with Gasteiger partial charge in [0.1, 0.15) is 23.9 Å². The molecule has 1 aromatic carbocycles. The van der Waals surface area contributed by atoms with E-state index in [0.29, 0.717) is 21.8 Å². The lowest BCUT2D eigenvalue weighted by atomic mass is 9.72. The van der Waals surface area contributed by atoms with Gasteiger partial charge in [-0.25, -0.2) is 9.97 Å². The average Bonchev–Trinajstić information content (AvgIpc) is 2.95. The van der Waals surface area contributed by atoms with E-state index in [1.54, 1.807) is 6.07 Å². The number of hydrogen-bond acceptors (Lipinski definition) is 4. The summed E-state index contributed by atoms with van der Waals surface area (Å²) in [6.07, 6.45) is -0.662. The van der Waals surface area contributed by atoms with Crippen LogP contribution in [0.2, 0.25) is 5.15 Å². The molecule has 0 radical (unpaired) electrons. The maximum atomic E-state index is 13.2. The topological polar surface area (TPSA) is 37.2 Å². The number of halogens is 4. The summed E-state index contributed by atoms with van der Waals surface area (Å²) in [5.41, 5.74) is 2.74. The van der Waals surface area contributed by atoms with Crippen LogP contribution < -0.4 is 0 Å². The molecule has 0 bridgehead atoms. The summed E-state index contributed by atoms with van der Waals surface area (Å²) < 4.78 is 40.8. The Hall–Kier alpha value is -1.90. The quantitative estimate of drug-likeness (QED) is 0.572. The van der Waals surface area contributed by atoms with Gasteiger partial charge < -0.3 is 9.47 Å². The standard InChI is InChI=1S/C21H23ClF3N5/c1-28-10-20(11-28)4-6-29(7-5-20)9-14-2-3-16-15(8-14)17-18(19(22)27-13-26-17)30(16)12-21(23,24)25/h2-3,8,13H,4-7,9-12H2,1H3. The lowest BCUT2D eigenvalue weighted by Gasteiger charge is -2.53. The van der Waals surface area contributed by atoms with Gasteiger partial charge in [-0.2, -0.15) is 13.2 Å². The van der Waals surface area contributed by atoms with Crippen LogP contribution in [-0.4, -0.2) is 63.7 Å². The van der Waals surface area contributed by atoms with E-state index in [1.807, 2.05) is 12.1 Å². The largest absolute Gasteiger partial charge is 0.406 e. The van der Waals surface area contributed by atoms with Gasteiger partial charge in [0.15, 0.2) is 5.15 Å². The summed E-state index contributed by atoms with van der Waals surface area (Å²) in [7, 11) is 2.16. The predicted molar refractivity (Wildman–Crippen MR) is 111 cm³/mol. The molecule has 0 aliphatic carbocycles. The van der Waals surface area contributed by atoms with Crippen LogP contribution in [-0.2, 0) is 13.1 Å². The normalized spacial score (nSPS) is 20.3. The van der Waals surface area contributed by atoms with Crippen molar-refractivity contribution in [3.63, 3.8) is 0 Å². The van der Waals surface area contributed by atoms with Crippen LogP contribution in [0.5, 0.6) is 0 Å². The molecule has 2 fully saturated rings. The molecule has 160 valence electrons. The molecule has 0 saturated carbocycles. The van der Waals surface area contributed by atoms with E-state index in [1.165, 1.54) is 36.8 Å². The van der Waals surface area contributed by atoms with Crippen LogP contribution in [0, 0.1) is 5.41 Å². The zero-order valence-electron chi connectivity index (χ0n) is 16.7. The third-order valence-corrected chi connectivity index (χ3v) is 6.80. The van der Waals surface area contributed by atoms with E-state index >= 15 is 0 Å². The molecule has 0 unspecified atom stereocenters. The fourth-order valence-electron chi connectivity index (χ4n) is 5.22. The highest BCUT2D eigenvalue weighted by molar-refractivity contribution is 6.34. The maximum absolute atomic E-state index is 13.2. The molecule has 3 aromatic rings. The first kappa shape index (κ1) is 20.0. The fourth-order valence-corrected chi connectivity index (χ4v) is 5.46. The molecular formula is C21H23ClF3N5. The molecule has 2 aromatic heterocycles. The summed E-state index contributed by atoms with van der Waals surface area (Å²) in [6.45, 7) is 4.14. The number of alkyl halides is 3. The second kappa shape index (κ2) is 7.07. The second-order valence-electron chi connectivity index (χ2n) is 8.86. The zero-order valence-corrected chi connectivity index (χ0v) is 17.5. The molecule has 2 saturated heterocycles. The van der Waals surface area contributed by atoms with Crippen molar-refractivity contribution in [3.8, 4) is 0 Å². The number of nitrogens with zero attached hydrogens (tertiary/aromatic N) is 5. The minimum atomic E-state index is -4.37. The molecule has 0 N–H and O–H groups in total. The van der Waals surface area contributed by atoms with Gasteiger partial charge in [-0.15, -0.1) is 0 Å². The lowest BCUT2D eigenvalue weighted by Crippen LogP contribution is -2.58. The Balaban J connectivity index is 1.44. The highest BCUT2D eigenvalue weighted by atomic mass is 35.5. The molecule has 4 heterocycles. The van der Waals surface area contributed by atoms with Crippen molar-refractivity contribution in [2.75, 3.05) is 33.2 Å². The van der Waals surface area contributed by atoms with Gasteiger partial charge in [0.05, 0.1) is 5.52 Å². The van der Waals surface area contributed by atoms with Crippen molar-refractivity contribution < 1.29 is 13.2 Å². The maximum Gasteiger partial charge on any atom is 0.406 e. The molecule has 30 heavy (non-hydrogen) atoms. The minimum absolute atomic E-state index is 0.0359. The summed E-state index contributed by atoms with van der Waals surface area (Å²) in [4.78, 5) is 12.9. The third-order valence-electron chi connectivity index (χ3n) is 6.53. The molecule has 0 amide bonds. The molecule has 2 aliphatic heterocycles. The van der Waals surface area contributed by atoms with Gasteiger partial charge in [0, 0.05) is 25.0 Å². The Labute approximate surface area is 177 Å². The number of hydrogen-bond donors (Lipinski definition) is 0. The predicted octanol–water partition coefficient (Wildman–Crippen LogP) is 4.33. The molecule has 1 spiro atoms. The van der Waals surface area contributed by atoms with Crippen LogP contribution >= 0.6 is 11.6 Å². The number of fused-ring (bicyclic) bond motifs is 3. The lowest BCUT2D eigenvalue weighted by molar-refractivity contribution is -0.139. The molecule has 2 aliphatic rings. The van der Waals surface area contributed by atoms with Crippen molar-refractivity contribution >= 4 is 33.5 Å². The van der Waals surface area contributed by atoms with Gasteiger partial charge in [-0.05, 0) is 56.1 Å². The highest BCUT2D eigenvalue weighted by Crippen LogP contribution is 2.40. The first-order valence-corrected chi connectivity index (χ1v) is 10.5. The number of piperidine rings is 1. The highest BCUT2D eigenvalue weighted by Gasteiger charge is 2.42. The van der Waals surface area contributed by atoms with Gasteiger partial charge in [-0.1, -0.05) is 17.7 Å². The van der Waals surface area contributed by atoms with E-state index in [0.717, 1.165) is 25.2 Å². The molecule has 9 heteroatoms. The summed E-state index contributed by atoms with van der Waals surface area (Å²) in [5.74, 6) is 0. The first-order chi connectivity index (χ1) is 14.2. The smallest absolute Gasteiger partial charge is 0.327 e. The summed E-state index contributed by atoms with van der Waals surface area (Å²) in [5, 5.41) is 0.721. The monoisotopic (exact) mass is 437 g/mol. The number of rotatable bonds is 3. The Bertz CT molecular complexity index is 1090. The van der Waals surface area contributed by atoms with Crippen molar-refractivity contribution in [3.05, 3.63) is 35.2 Å². The van der Waals surface area contributed by atoms with E-state index in [9.17, 15) is 13.2 Å². The molecule has 5 nitrogen and oxygen atoms in total. The van der Waals surface area contributed by atoms with E-state index in [2.05, 4.69) is 26.8 Å². The van der Waals surface area contributed by atoms with Gasteiger partial charge in [0.2, 0.25) is 0 Å².